The van der Waals surface area contributed by atoms with E-state index < -0.39 is 6.09 Å². The molecule has 0 saturated heterocycles. The van der Waals surface area contributed by atoms with Crippen molar-refractivity contribution in [3.8, 4) is 5.75 Å². The molecule has 3 aromatic carbocycles. The Morgan fingerprint density at radius 1 is 0.739 bits per heavy atom. The van der Waals surface area contributed by atoms with Crippen LogP contribution in [0.25, 0.3) is 0 Å². The molecule has 0 aliphatic rings. The summed E-state index contributed by atoms with van der Waals surface area (Å²) in [5.41, 5.74) is 3.13. The number of hydrogen-bond acceptors (Lipinski definition) is 2. The van der Waals surface area contributed by atoms with Gasteiger partial charge in [0, 0.05) is 5.69 Å². The van der Waals surface area contributed by atoms with E-state index in [0.29, 0.717) is 11.4 Å². The van der Waals surface area contributed by atoms with Crippen LogP contribution < -0.4 is 10.1 Å². The Balaban J connectivity index is 1.58. The predicted octanol–water partition coefficient (Wildman–Crippen LogP) is 4.89. The molecule has 0 saturated carbocycles. The topological polar surface area (TPSA) is 38.3 Å². The van der Waals surface area contributed by atoms with Crippen LogP contribution in [0.1, 0.15) is 11.1 Å². The number of benzene rings is 3. The molecule has 0 bridgehead atoms. The van der Waals surface area contributed by atoms with Crippen LogP contribution in [-0.4, -0.2) is 6.09 Å². The van der Waals surface area contributed by atoms with E-state index in [2.05, 4.69) is 17.4 Å². The van der Waals surface area contributed by atoms with Crippen molar-refractivity contribution in [3.63, 3.8) is 0 Å². The lowest BCUT2D eigenvalue weighted by molar-refractivity contribution is 0.215. The molecule has 3 aromatic rings. The fourth-order valence-electron chi connectivity index (χ4n) is 2.28. The van der Waals surface area contributed by atoms with Crippen molar-refractivity contribution < 1.29 is 9.53 Å². The summed E-state index contributed by atoms with van der Waals surface area (Å²) in [5.74, 6) is 0.523. The Labute approximate surface area is 135 Å². The van der Waals surface area contributed by atoms with Crippen LogP contribution in [-0.2, 0) is 6.42 Å². The molecule has 0 heterocycles. The van der Waals surface area contributed by atoms with Crippen molar-refractivity contribution in [2.45, 2.75) is 6.42 Å². The monoisotopic (exact) mass is 303 g/mol. The van der Waals surface area contributed by atoms with Crippen LogP contribution in [0.2, 0.25) is 0 Å². The van der Waals surface area contributed by atoms with Crippen molar-refractivity contribution in [1.29, 1.82) is 0 Å². The van der Waals surface area contributed by atoms with Gasteiger partial charge in [-0.15, -0.1) is 0 Å². The van der Waals surface area contributed by atoms with Gasteiger partial charge in [-0.2, -0.15) is 0 Å². The summed E-state index contributed by atoms with van der Waals surface area (Å²) in [7, 11) is 0. The summed E-state index contributed by atoms with van der Waals surface area (Å²) in [6.45, 7) is 0. The minimum atomic E-state index is -0.494. The number of hydrogen-bond donors (Lipinski definition) is 1. The third-order valence-corrected chi connectivity index (χ3v) is 3.41. The molecular formula is C20H17NO2. The van der Waals surface area contributed by atoms with Gasteiger partial charge in [0.05, 0.1) is 0 Å². The molecule has 0 fully saturated rings. The summed E-state index contributed by atoms with van der Waals surface area (Å²) in [6.07, 6.45) is 0.365. The Bertz CT molecular complexity index is 753. The standard InChI is InChI=1S/C20H17NO2/c22-20(21-18-9-5-2-6-10-18)23-19-13-11-17(12-14-19)15-16-7-3-1-4-8-16/h1-14H,15H2,(H,21,22). The van der Waals surface area contributed by atoms with Gasteiger partial charge in [-0.25, -0.2) is 4.79 Å². The number of carbonyl (C=O) groups is 1. The lowest BCUT2D eigenvalue weighted by Crippen LogP contribution is -2.16. The number of amides is 1. The van der Waals surface area contributed by atoms with E-state index in [1.165, 1.54) is 11.1 Å². The van der Waals surface area contributed by atoms with Gasteiger partial charge in [0.2, 0.25) is 0 Å². The number of carbonyl (C=O) groups excluding carboxylic acids is 1. The van der Waals surface area contributed by atoms with Crippen LogP contribution in [0, 0.1) is 0 Å². The van der Waals surface area contributed by atoms with Gasteiger partial charge in [0.1, 0.15) is 5.75 Å². The third-order valence-electron chi connectivity index (χ3n) is 3.41. The first-order valence-corrected chi connectivity index (χ1v) is 7.46. The minimum Gasteiger partial charge on any atom is -0.410 e. The average Bonchev–Trinajstić information content (AvgIpc) is 2.58. The molecule has 0 aliphatic carbocycles. The number of nitrogens with one attached hydrogen (secondary N) is 1. The molecule has 0 aromatic heterocycles. The zero-order valence-corrected chi connectivity index (χ0v) is 12.6. The molecule has 0 unspecified atom stereocenters. The van der Waals surface area contributed by atoms with Gasteiger partial charge in [0.15, 0.2) is 0 Å². The van der Waals surface area contributed by atoms with E-state index in [1.54, 1.807) is 0 Å². The smallest absolute Gasteiger partial charge is 0.410 e. The molecule has 3 heteroatoms. The van der Waals surface area contributed by atoms with Gasteiger partial charge in [-0.3, -0.25) is 5.32 Å². The van der Waals surface area contributed by atoms with Crippen LogP contribution >= 0.6 is 0 Å². The molecule has 3 nitrogen and oxygen atoms in total. The Hall–Kier alpha value is -3.07. The highest BCUT2D eigenvalue weighted by Gasteiger charge is 2.05. The average molecular weight is 303 g/mol. The summed E-state index contributed by atoms with van der Waals surface area (Å²) < 4.78 is 5.27. The Morgan fingerprint density at radius 2 is 1.30 bits per heavy atom. The normalized spacial score (nSPS) is 10.1. The van der Waals surface area contributed by atoms with Crippen LogP contribution in [0.15, 0.2) is 84.9 Å². The molecule has 0 aliphatic heterocycles. The molecule has 3 rings (SSSR count). The van der Waals surface area contributed by atoms with Crippen molar-refractivity contribution in [1.82, 2.24) is 0 Å². The molecule has 23 heavy (non-hydrogen) atoms. The van der Waals surface area contributed by atoms with Gasteiger partial charge in [0.25, 0.3) is 0 Å². The minimum absolute atomic E-state index is 0.494. The summed E-state index contributed by atoms with van der Waals surface area (Å²) >= 11 is 0. The summed E-state index contributed by atoms with van der Waals surface area (Å²) in [5, 5.41) is 2.68. The van der Waals surface area contributed by atoms with E-state index in [4.69, 9.17) is 4.74 Å². The van der Waals surface area contributed by atoms with Gasteiger partial charge < -0.3 is 4.74 Å². The fourth-order valence-corrected chi connectivity index (χ4v) is 2.28. The quantitative estimate of drug-likeness (QED) is 0.745. The largest absolute Gasteiger partial charge is 0.417 e. The zero-order chi connectivity index (χ0) is 15.9. The van der Waals surface area contributed by atoms with E-state index in [9.17, 15) is 4.79 Å². The third kappa shape index (κ3) is 4.45. The van der Waals surface area contributed by atoms with Gasteiger partial charge >= 0.3 is 6.09 Å². The molecule has 0 spiro atoms. The SMILES string of the molecule is O=C(Nc1ccccc1)Oc1ccc(Cc2ccccc2)cc1. The van der Waals surface area contributed by atoms with E-state index in [-0.39, 0.29) is 0 Å². The van der Waals surface area contributed by atoms with E-state index >= 15 is 0 Å². The highest BCUT2D eigenvalue weighted by atomic mass is 16.6. The molecular weight excluding hydrogens is 286 g/mol. The summed E-state index contributed by atoms with van der Waals surface area (Å²) in [6, 6.07) is 27.0. The van der Waals surface area contributed by atoms with Gasteiger partial charge in [-0.05, 0) is 41.8 Å². The predicted molar refractivity (Wildman–Crippen MR) is 91.8 cm³/mol. The van der Waals surface area contributed by atoms with Crippen LogP contribution in [0.3, 0.4) is 0 Å². The first kappa shape index (κ1) is 14.9. The number of ether oxygens (including phenoxy) is 1. The van der Waals surface area contributed by atoms with Crippen molar-refractivity contribution in [2.24, 2.45) is 0 Å². The molecule has 0 atom stereocenters. The van der Waals surface area contributed by atoms with Crippen LogP contribution in [0.5, 0.6) is 5.75 Å². The molecule has 1 N–H and O–H groups in total. The zero-order valence-electron chi connectivity index (χ0n) is 12.6. The van der Waals surface area contributed by atoms with Crippen molar-refractivity contribution in [2.75, 3.05) is 5.32 Å². The maximum atomic E-state index is 11.8. The van der Waals surface area contributed by atoms with E-state index in [0.717, 1.165) is 6.42 Å². The first-order chi connectivity index (χ1) is 11.3. The molecule has 0 radical (unpaired) electrons. The molecule has 1 amide bonds. The number of rotatable bonds is 4. The van der Waals surface area contributed by atoms with Crippen molar-refractivity contribution >= 4 is 11.8 Å². The van der Waals surface area contributed by atoms with Gasteiger partial charge in [-0.1, -0.05) is 60.7 Å². The maximum absolute atomic E-state index is 11.8. The fraction of sp³-hybridized carbons (Fsp3) is 0.0500. The Morgan fingerprint density at radius 3 is 1.96 bits per heavy atom. The highest BCUT2D eigenvalue weighted by molar-refractivity contribution is 5.86. The molecule has 114 valence electrons. The maximum Gasteiger partial charge on any atom is 0.417 e. The highest BCUT2D eigenvalue weighted by Crippen LogP contribution is 2.16. The number of para-hydroxylation sites is 1. The lowest BCUT2D eigenvalue weighted by Gasteiger charge is -2.07. The number of anilines is 1. The second-order valence-electron chi connectivity index (χ2n) is 5.19. The second-order valence-corrected chi connectivity index (χ2v) is 5.19. The Kier molecular flexibility index (Phi) is 4.69. The van der Waals surface area contributed by atoms with Crippen molar-refractivity contribution in [3.05, 3.63) is 96.1 Å². The first-order valence-electron chi connectivity index (χ1n) is 7.46. The summed E-state index contributed by atoms with van der Waals surface area (Å²) in [4.78, 5) is 11.8. The van der Waals surface area contributed by atoms with E-state index in [1.807, 2.05) is 72.8 Å². The second kappa shape index (κ2) is 7.27. The van der Waals surface area contributed by atoms with Crippen LogP contribution in [0.4, 0.5) is 10.5 Å². The lowest BCUT2D eigenvalue weighted by atomic mass is 10.1.